The highest BCUT2D eigenvalue weighted by Crippen LogP contribution is 2.31. The van der Waals surface area contributed by atoms with E-state index in [4.69, 9.17) is 9.47 Å². The van der Waals surface area contributed by atoms with Crippen molar-refractivity contribution in [3.63, 3.8) is 0 Å². The van der Waals surface area contributed by atoms with Crippen LogP contribution in [0.1, 0.15) is 39.2 Å². The van der Waals surface area contributed by atoms with Crippen molar-refractivity contribution in [2.24, 2.45) is 0 Å². The standard InChI is InChI=1S/C16H25NO2/c1-16(2,3)17-9-5-4-6-13-7-8-14-15(12-13)19-11-10-18-14/h7-8,12,17H,4-6,9-11H2,1-3H3. The van der Waals surface area contributed by atoms with Crippen LogP contribution in [0.3, 0.4) is 0 Å². The van der Waals surface area contributed by atoms with E-state index in [0.29, 0.717) is 13.2 Å². The van der Waals surface area contributed by atoms with E-state index in [1.54, 1.807) is 0 Å². The van der Waals surface area contributed by atoms with Crippen LogP contribution in [0.5, 0.6) is 11.5 Å². The summed E-state index contributed by atoms with van der Waals surface area (Å²) in [6, 6.07) is 6.29. The first-order valence-electron chi connectivity index (χ1n) is 7.18. The van der Waals surface area contributed by atoms with Crippen molar-refractivity contribution in [2.45, 2.75) is 45.6 Å². The number of rotatable bonds is 5. The summed E-state index contributed by atoms with van der Waals surface area (Å²) in [5.41, 5.74) is 1.55. The van der Waals surface area contributed by atoms with E-state index in [9.17, 15) is 0 Å². The van der Waals surface area contributed by atoms with E-state index >= 15 is 0 Å². The van der Waals surface area contributed by atoms with Crippen molar-refractivity contribution >= 4 is 0 Å². The molecule has 1 heterocycles. The molecule has 0 spiro atoms. The van der Waals surface area contributed by atoms with E-state index in [2.05, 4.69) is 38.2 Å². The van der Waals surface area contributed by atoms with E-state index in [-0.39, 0.29) is 5.54 Å². The molecule has 0 radical (unpaired) electrons. The van der Waals surface area contributed by atoms with Gasteiger partial charge < -0.3 is 14.8 Å². The molecule has 0 saturated heterocycles. The lowest BCUT2D eigenvalue weighted by Gasteiger charge is -2.20. The highest BCUT2D eigenvalue weighted by molar-refractivity contribution is 5.43. The first-order chi connectivity index (χ1) is 9.04. The Labute approximate surface area is 116 Å². The Hall–Kier alpha value is -1.22. The summed E-state index contributed by atoms with van der Waals surface area (Å²) in [5.74, 6) is 1.78. The fraction of sp³-hybridized carbons (Fsp3) is 0.625. The van der Waals surface area contributed by atoms with Gasteiger partial charge in [-0.15, -0.1) is 0 Å². The van der Waals surface area contributed by atoms with Crippen molar-refractivity contribution in [1.82, 2.24) is 5.32 Å². The summed E-state index contributed by atoms with van der Waals surface area (Å²) in [6.45, 7) is 9.00. The van der Waals surface area contributed by atoms with E-state index in [1.807, 2.05) is 6.07 Å². The Morgan fingerprint density at radius 2 is 1.79 bits per heavy atom. The van der Waals surface area contributed by atoms with Gasteiger partial charge in [-0.05, 0) is 64.3 Å². The fourth-order valence-corrected chi connectivity index (χ4v) is 2.16. The number of fused-ring (bicyclic) bond motifs is 1. The summed E-state index contributed by atoms with van der Waals surface area (Å²) in [5, 5.41) is 3.51. The third-order valence-electron chi connectivity index (χ3n) is 3.15. The van der Waals surface area contributed by atoms with Gasteiger partial charge in [-0.2, -0.15) is 0 Å². The SMILES string of the molecule is CC(C)(C)NCCCCc1ccc2c(c1)OCCO2. The molecular weight excluding hydrogens is 238 g/mol. The summed E-state index contributed by atoms with van der Waals surface area (Å²) in [6.07, 6.45) is 3.50. The van der Waals surface area contributed by atoms with E-state index < -0.39 is 0 Å². The lowest BCUT2D eigenvalue weighted by Crippen LogP contribution is -2.36. The highest BCUT2D eigenvalue weighted by atomic mass is 16.6. The highest BCUT2D eigenvalue weighted by Gasteiger charge is 2.11. The quantitative estimate of drug-likeness (QED) is 0.828. The molecule has 2 rings (SSSR count). The molecule has 1 aromatic rings. The zero-order chi connectivity index (χ0) is 13.7. The number of nitrogens with one attached hydrogen (secondary N) is 1. The second-order valence-corrected chi connectivity index (χ2v) is 6.11. The predicted octanol–water partition coefficient (Wildman–Crippen LogP) is 3.17. The molecule has 3 heteroatoms. The maximum Gasteiger partial charge on any atom is 0.161 e. The molecule has 19 heavy (non-hydrogen) atoms. The van der Waals surface area contributed by atoms with Crippen LogP contribution in [0.25, 0.3) is 0 Å². The third kappa shape index (κ3) is 4.75. The molecule has 0 saturated carbocycles. The van der Waals surface area contributed by atoms with Gasteiger partial charge in [-0.25, -0.2) is 0 Å². The Bertz CT molecular complexity index is 410. The van der Waals surface area contributed by atoms with Gasteiger partial charge in [-0.1, -0.05) is 6.07 Å². The predicted molar refractivity (Wildman–Crippen MR) is 78.1 cm³/mol. The average molecular weight is 263 g/mol. The van der Waals surface area contributed by atoms with E-state index in [0.717, 1.165) is 24.5 Å². The molecule has 0 aromatic heterocycles. The lowest BCUT2D eigenvalue weighted by atomic mass is 10.1. The molecule has 3 nitrogen and oxygen atoms in total. The topological polar surface area (TPSA) is 30.5 Å². The third-order valence-corrected chi connectivity index (χ3v) is 3.15. The molecule has 0 aliphatic carbocycles. The summed E-state index contributed by atoms with van der Waals surface area (Å²) >= 11 is 0. The van der Waals surface area contributed by atoms with Crippen LogP contribution >= 0.6 is 0 Å². The minimum Gasteiger partial charge on any atom is -0.486 e. The zero-order valence-corrected chi connectivity index (χ0v) is 12.3. The van der Waals surface area contributed by atoms with Crippen LogP contribution in [0, 0.1) is 0 Å². The Balaban J connectivity index is 1.74. The van der Waals surface area contributed by atoms with Gasteiger partial charge in [0.15, 0.2) is 11.5 Å². The number of benzene rings is 1. The van der Waals surface area contributed by atoms with Gasteiger partial charge >= 0.3 is 0 Å². The van der Waals surface area contributed by atoms with E-state index in [1.165, 1.54) is 18.4 Å². The molecule has 1 aromatic carbocycles. The van der Waals surface area contributed by atoms with Gasteiger partial charge in [0.1, 0.15) is 13.2 Å². The largest absolute Gasteiger partial charge is 0.486 e. The van der Waals surface area contributed by atoms with Crippen LogP contribution < -0.4 is 14.8 Å². The monoisotopic (exact) mass is 263 g/mol. The van der Waals surface area contributed by atoms with Crippen LogP contribution in [-0.2, 0) is 6.42 Å². The van der Waals surface area contributed by atoms with Crippen molar-refractivity contribution in [3.05, 3.63) is 23.8 Å². The van der Waals surface area contributed by atoms with Crippen molar-refractivity contribution in [2.75, 3.05) is 19.8 Å². The van der Waals surface area contributed by atoms with Crippen molar-refractivity contribution in [3.8, 4) is 11.5 Å². The Kier molecular flexibility index (Phi) is 4.70. The number of hydrogen-bond acceptors (Lipinski definition) is 3. The van der Waals surface area contributed by atoms with Gasteiger partial charge in [0.25, 0.3) is 0 Å². The van der Waals surface area contributed by atoms with Gasteiger partial charge in [0.2, 0.25) is 0 Å². The van der Waals surface area contributed by atoms with Gasteiger partial charge in [0.05, 0.1) is 0 Å². The van der Waals surface area contributed by atoms with Gasteiger partial charge in [-0.3, -0.25) is 0 Å². The Morgan fingerprint density at radius 3 is 2.53 bits per heavy atom. The maximum atomic E-state index is 5.60. The number of aryl methyl sites for hydroxylation is 1. The number of ether oxygens (including phenoxy) is 2. The molecule has 0 unspecified atom stereocenters. The van der Waals surface area contributed by atoms with Gasteiger partial charge in [0, 0.05) is 5.54 Å². The Morgan fingerprint density at radius 1 is 1.05 bits per heavy atom. The zero-order valence-electron chi connectivity index (χ0n) is 12.3. The second kappa shape index (κ2) is 6.29. The fourth-order valence-electron chi connectivity index (χ4n) is 2.16. The summed E-state index contributed by atoms with van der Waals surface area (Å²) in [7, 11) is 0. The summed E-state index contributed by atoms with van der Waals surface area (Å²) < 4.78 is 11.1. The lowest BCUT2D eigenvalue weighted by molar-refractivity contribution is 0.171. The molecule has 1 N–H and O–H groups in total. The molecular formula is C16H25NO2. The smallest absolute Gasteiger partial charge is 0.161 e. The number of hydrogen-bond donors (Lipinski definition) is 1. The average Bonchev–Trinajstić information content (AvgIpc) is 2.37. The van der Waals surface area contributed by atoms with Crippen LogP contribution in [0.15, 0.2) is 18.2 Å². The first kappa shape index (κ1) is 14.2. The maximum absolute atomic E-state index is 5.60. The van der Waals surface area contributed by atoms with Crippen LogP contribution in [0.4, 0.5) is 0 Å². The second-order valence-electron chi connectivity index (χ2n) is 6.11. The van der Waals surface area contributed by atoms with Crippen LogP contribution in [-0.4, -0.2) is 25.3 Å². The van der Waals surface area contributed by atoms with Crippen LogP contribution in [0.2, 0.25) is 0 Å². The molecule has 1 aliphatic rings. The number of unbranched alkanes of at least 4 members (excludes halogenated alkanes) is 1. The molecule has 0 bridgehead atoms. The molecule has 106 valence electrons. The minimum absolute atomic E-state index is 0.219. The summed E-state index contributed by atoms with van der Waals surface area (Å²) in [4.78, 5) is 0. The first-order valence-corrected chi connectivity index (χ1v) is 7.18. The van der Waals surface area contributed by atoms with Crippen molar-refractivity contribution in [1.29, 1.82) is 0 Å². The molecule has 0 amide bonds. The normalized spacial score (nSPS) is 14.5. The van der Waals surface area contributed by atoms with Crippen molar-refractivity contribution < 1.29 is 9.47 Å². The minimum atomic E-state index is 0.219. The molecule has 1 aliphatic heterocycles. The molecule has 0 fully saturated rings. The molecule has 0 atom stereocenters.